The van der Waals surface area contributed by atoms with Crippen LogP contribution in [0.25, 0.3) is 0 Å². The molecule has 0 fully saturated rings. The molecular weight excluding hydrogens is 322 g/mol. The van der Waals surface area contributed by atoms with Crippen LogP contribution in [0.5, 0.6) is 0 Å². The second-order valence-electron chi connectivity index (χ2n) is 5.38. The Morgan fingerprint density at radius 3 is 2.71 bits per heavy atom. The summed E-state index contributed by atoms with van der Waals surface area (Å²) in [6.07, 6.45) is 3.90. The van der Waals surface area contributed by atoms with Crippen LogP contribution in [0.15, 0.2) is 41.1 Å². The lowest BCUT2D eigenvalue weighted by Crippen LogP contribution is -2.14. The molecule has 3 aromatic rings. The molecule has 0 saturated heterocycles. The molecule has 2 aromatic heterocycles. The molecule has 0 radical (unpaired) electrons. The number of thiazole rings is 1. The van der Waals surface area contributed by atoms with Crippen LogP contribution in [-0.4, -0.2) is 16.0 Å². The largest absolute Gasteiger partial charge is 0.360 e. The number of carbonyl (C=O) groups is 1. The molecule has 0 bridgehead atoms. The fraction of sp³-hybridized carbons (Fsp3) is 0.278. The van der Waals surface area contributed by atoms with E-state index in [1.165, 1.54) is 16.9 Å². The number of nitrogens with one attached hydrogen (secondary N) is 1. The Morgan fingerprint density at radius 2 is 2.00 bits per heavy atom. The maximum atomic E-state index is 12.6. The zero-order chi connectivity index (χ0) is 16.9. The van der Waals surface area contributed by atoms with Gasteiger partial charge in [-0.25, -0.2) is 4.98 Å². The van der Waals surface area contributed by atoms with E-state index in [1.54, 1.807) is 0 Å². The molecule has 5 nitrogen and oxygen atoms in total. The van der Waals surface area contributed by atoms with Crippen molar-refractivity contribution in [2.24, 2.45) is 0 Å². The molecular formula is C18H19N3O2S. The lowest BCUT2D eigenvalue weighted by molar-refractivity contribution is 0.102. The van der Waals surface area contributed by atoms with Crippen LogP contribution in [0.1, 0.15) is 46.1 Å². The first-order chi connectivity index (χ1) is 11.7. The summed E-state index contributed by atoms with van der Waals surface area (Å²) in [5.74, 6) is 0.413. The van der Waals surface area contributed by atoms with Gasteiger partial charge in [0.05, 0.1) is 5.69 Å². The average Bonchev–Trinajstić information content (AvgIpc) is 3.21. The van der Waals surface area contributed by atoms with Crippen molar-refractivity contribution in [2.75, 3.05) is 5.32 Å². The van der Waals surface area contributed by atoms with Gasteiger partial charge in [0, 0.05) is 23.9 Å². The Kier molecular flexibility index (Phi) is 5.05. The molecule has 0 aliphatic carbocycles. The summed E-state index contributed by atoms with van der Waals surface area (Å²) in [5.41, 5.74) is 2.45. The Balaban J connectivity index is 1.73. The maximum absolute atomic E-state index is 12.6. The number of aryl methyl sites for hydroxylation is 2. The highest BCUT2D eigenvalue weighted by atomic mass is 32.1. The van der Waals surface area contributed by atoms with Crippen LogP contribution in [0.3, 0.4) is 0 Å². The molecule has 0 saturated carbocycles. The highest BCUT2D eigenvalue weighted by Crippen LogP contribution is 2.23. The summed E-state index contributed by atoms with van der Waals surface area (Å²) in [7, 11) is 0. The predicted octanol–water partition coefficient (Wildman–Crippen LogP) is 4.10. The molecule has 1 N–H and O–H groups in total. The summed E-state index contributed by atoms with van der Waals surface area (Å²) < 4.78 is 5.25. The summed E-state index contributed by atoms with van der Waals surface area (Å²) >= 11 is 1.49. The number of hydrogen-bond acceptors (Lipinski definition) is 5. The van der Waals surface area contributed by atoms with Crippen molar-refractivity contribution in [3.05, 3.63) is 64.0 Å². The maximum Gasteiger partial charge on any atom is 0.262 e. The quantitative estimate of drug-likeness (QED) is 0.733. The minimum absolute atomic E-state index is 0.203. The number of anilines is 1. The number of carbonyl (C=O) groups excluding carboxylic acids is 1. The van der Waals surface area contributed by atoms with Gasteiger partial charge >= 0.3 is 0 Å². The zero-order valence-electron chi connectivity index (χ0n) is 13.7. The predicted molar refractivity (Wildman–Crippen MR) is 94.6 cm³/mol. The van der Waals surface area contributed by atoms with E-state index >= 15 is 0 Å². The lowest BCUT2D eigenvalue weighted by Gasteiger charge is -2.02. The summed E-state index contributed by atoms with van der Waals surface area (Å²) in [6, 6.07) is 10.2. The molecule has 0 unspecified atom stereocenters. The standard InChI is InChI=1S/C18H19N3O2S/c1-3-14-16(15(4-2)23-21-14)17(22)20-18-19-11-13(24-18)10-12-8-6-5-7-9-12/h5-9,11H,3-4,10H2,1-2H3,(H,19,20,22). The van der Waals surface area contributed by atoms with E-state index in [0.29, 0.717) is 35.0 Å². The van der Waals surface area contributed by atoms with E-state index in [-0.39, 0.29) is 5.91 Å². The Morgan fingerprint density at radius 1 is 1.21 bits per heavy atom. The van der Waals surface area contributed by atoms with Gasteiger partial charge < -0.3 is 4.52 Å². The number of nitrogens with zero attached hydrogens (tertiary/aromatic N) is 2. The van der Waals surface area contributed by atoms with E-state index in [4.69, 9.17) is 4.52 Å². The highest BCUT2D eigenvalue weighted by molar-refractivity contribution is 7.15. The first-order valence-electron chi connectivity index (χ1n) is 7.98. The van der Waals surface area contributed by atoms with Crippen LogP contribution < -0.4 is 5.32 Å². The molecule has 0 aliphatic heterocycles. The minimum atomic E-state index is -0.203. The molecule has 1 aromatic carbocycles. The van der Waals surface area contributed by atoms with Gasteiger partial charge in [-0.1, -0.05) is 49.3 Å². The number of hydrogen-bond donors (Lipinski definition) is 1. The third-order valence-electron chi connectivity index (χ3n) is 3.71. The molecule has 2 heterocycles. The fourth-order valence-electron chi connectivity index (χ4n) is 2.51. The molecule has 0 spiro atoms. The van der Waals surface area contributed by atoms with E-state index < -0.39 is 0 Å². The Labute approximate surface area is 144 Å². The van der Waals surface area contributed by atoms with Crippen molar-refractivity contribution < 1.29 is 9.32 Å². The van der Waals surface area contributed by atoms with Gasteiger partial charge in [0.1, 0.15) is 11.3 Å². The third kappa shape index (κ3) is 3.54. The van der Waals surface area contributed by atoms with E-state index in [0.717, 1.165) is 11.3 Å². The summed E-state index contributed by atoms with van der Waals surface area (Å²) in [6.45, 7) is 3.90. The van der Waals surface area contributed by atoms with E-state index in [9.17, 15) is 4.79 Å². The monoisotopic (exact) mass is 341 g/mol. The summed E-state index contributed by atoms with van der Waals surface area (Å²) in [4.78, 5) is 18.0. The summed E-state index contributed by atoms with van der Waals surface area (Å²) in [5, 5.41) is 7.44. The van der Waals surface area contributed by atoms with E-state index in [1.807, 2.05) is 38.2 Å². The van der Waals surface area contributed by atoms with Gasteiger partial charge in [-0.2, -0.15) is 0 Å². The minimum Gasteiger partial charge on any atom is -0.360 e. The number of rotatable bonds is 6. The first kappa shape index (κ1) is 16.4. The normalized spacial score (nSPS) is 10.8. The van der Waals surface area contributed by atoms with Gasteiger partial charge in [0.25, 0.3) is 5.91 Å². The average molecular weight is 341 g/mol. The molecule has 124 valence electrons. The van der Waals surface area contributed by atoms with Gasteiger partial charge in [-0.15, -0.1) is 11.3 Å². The van der Waals surface area contributed by atoms with Crippen molar-refractivity contribution in [1.29, 1.82) is 0 Å². The molecule has 0 aliphatic rings. The first-order valence-corrected chi connectivity index (χ1v) is 8.80. The number of benzene rings is 1. The Hall–Kier alpha value is -2.47. The van der Waals surface area contributed by atoms with Crippen LogP contribution in [0.4, 0.5) is 5.13 Å². The van der Waals surface area contributed by atoms with E-state index in [2.05, 4.69) is 27.6 Å². The topological polar surface area (TPSA) is 68.0 Å². The van der Waals surface area contributed by atoms with Crippen LogP contribution in [-0.2, 0) is 19.3 Å². The van der Waals surface area contributed by atoms with Gasteiger partial charge in [0.2, 0.25) is 0 Å². The smallest absolute Gasteiger partial charge is 0.262 e. The number of aromatic nitrogens is 2. The van der Waals surface area contributed by atoms with Gasteiger partial charge in [-0.3, -0.25) is 10.1 Å². The second-order valence-corrected chi connectivity index (χ2v) is 6.50. The number of amides is 1. The van der Waals surface area contributed by atoms with Gasteiger partial charge in [-0.05, 0) is 12.0 Å². The molecule has 3 rings (SSSR count). The molecule has 6 heteroatoms. The van der Waals surface area contributed by atoms with Crippen molar-refractivity contribution in [3.63, 3.8) is 0 Å². The molecule has 24 heavy (non-hydrogen) atoms. The molecule has 1 amide bonds. The zero-order valence-corrected chi connectivity index (χ0v) is 14.5. The Bertz CT molecular complexity index is 802. The SMILES string of the molecule is CCc1noc(CC)c1C(=O)Nc1ncc(Cc2ccccc2)s1. The van der Waals surface area contributed by atoms with Crippen LogP contribution in [0, 0.1) is 0 Å². The lowest BCUT2D eigenvalue weighted by atomic mass is 10.1. The fourth-order valence-corrected chi connectivity index (χ4v) is 3.35. The van der Waals surface area contributed by atoms with Crippen LogP contribution >= 0.6 is 11.3 Å². The highest BCUT2D eigenvalue weighted by Gasteiger charge is 2.21. The van der Waals surface area contributed by atoms with Crippen molar-refractivity contribution in [2.45, 2.75) is 33.1 Å². The van der Waals surface area contributed by atoms with Crippen molar-refractivity contribution in [3.8, 4) is 0 Å². The van der Waals surface area contributed by atoms with Crippen molar-refractivity contribution >= 4 is 22.4 Å². The second kappa shape index (κ2) is 7.40. The van der Waals surface area contributed by atoms with Crippen LogP contribution in [0.2, 0.25) is 0 Å². The third-order valence-corrected chi connectivity index (χ3v) is 4.62. The molecule has 0 atom stereocenters. The van der Waals surface area contributed by atoms with Crippen molar-refractivity contribution in [1.82, 2.24) is 10.1 Å². The van der Waals surface area contributed by atoms with Gasteiger partial charge in [0.15, 0.2) is 5.13 Å².